The minimum absolute atomic E-state index is 0.170. The highest BCUT2D eigenvalue weighted by Crippen LogP contribution is 2.16. The standard InChI is InChI=1S/C20H25NO4/c1-3-25-19(13-15-9-11-17(24-2)12-10-15)20(23)21-18(14-22)16-7-5-4-6-8-16/h4-12,18-19,22H,3,13-14H2,1-2H3,(H,21,23)/t18?,19-/m0/s1. The molecule has 25 heavy (non-hydrogen) atoms. The average Bonchev–Trinajstić information content (AvgIpc) is 2.66. The second-order valence-corrected chi connectivity index (χ2v) is 5.65. The van der Waals surface area contributed by atoms with Gasteiger partial charge < -0.3 is 19.9 Å². The number of amides is 1. The molecule has 0 saturated heterocycles. The Labute approximate surface area is 148 Å². The van der Waals surface area contributed by atoms with Gasteiger partial charge in [0, 0.05) is 13.0 Å². The van der Waals surface area contributed by atoms with Gasteiger partial charge in [-0.2, -0.15) is 0 Å². The summed E-state index contributed by atoms with van der Waals surface area (Å²) in [5.74, 6) is 0.533. The van der Waals surface area contributed by atoms with E-state index in [4.69, 9.17) is 9.47 Å². The third-order valence-corrected chi connectivity index (χ3v) is 3.94. The number of aliphatic hydroxyl groups excluding tert-OH is 1. The number of carbonyl (C=O) groups is 1. The molecule has 134 valence electrons. The van der Waals surface area contributed by atoms with Crippen LogP contribution in [0.5, 0.6) is 5.75 Å². The minimum Gasteiger partial charge on any atom is -0.497 e. The zero-order valence-electron chi connectivity index (χ0n) is 14.6. The van der Waals surface area contributed by atoms with Crippen LogP contribution < -0.4 is 10.1 Å². The molecule has 0 aliphatic rings. The number of aliphatic hydroxyl groups is 1. The Kier molecular flexibility index (Phi) is 7.44. The lowest BCUT2D eigenvalue weighted by Crippen LogP contribution is -2.41. The van der Waals surface area contributed by atoms with Crippen LogP contribution in [0.4, 0.5) is 0 Å². The monoisotopic (exact) mass is 343 g/mol. The summed E-state index contributed by atoms with van der Waals surface area (Å²) in [4.78, 5) is 12.6. The normalized spacial score (nSPS) is 13.1. The molecule has 1 unspecified atom stereocenters. The van der Waals surface area contributed by atoms with E-state index in [0.29, 0.717) is 13.0 Å². The van der Waals surface area contributed by atoms with Crippen molar-refractivity contribution >= 4 is 5.91 Å². The molecule has 2 rings (SSSR count). The zero-order chi connectivity index (χ0) is 18.1. The van der Waals surface area contributed by atoms with Crippen molar-refractivity contribution in [1.29, 1.82) is 0 Å². The van der Waals surface area contributed by atoms with Crippen molar-refractivity contribution in [2.24, 2.45) is 0 Å². The van der Waals surface area contributed by atoms with E-state index in [-0.39, 0.29) is 12.5 Å². The summed E-state index contributed by atoms with van der Waals surface area (Å²) in [5, 5.41) is 12.5. The molecule has 2 N–H and O–H groups in total. The van der Waals surface area contributed by atoms with Crippen LogP contribution in [0.15, 0.2) is 54.6 Å². The van der Waals surface area contributed by atoms with Crippen molar-refractivity contribution in [3.63, 3.8) is 0 Å². The first kappa shape index (κ1) is 19.0. The summed E-state index contributed by atoms with van der Waals surface area (Å²) in [7, 11) is 1.62. The molecule has 0 heterocycles. The smallest absolute Gasteiger partial charge is 0.250 e. The minimum atomic E-state index is -0.615. The number of hydrogen-bond acceptors (Lipinski definition) is 4. The van der Waals surface area contributed by atoms with E-state index >= 15 is 0 Å². The van der Waals surface area contributed by atoms with Gasteiger partial charge >= 0.3 is 0 Å². The van der Waals surface area contributed by atoms with Crippen molar-refractivity contribution in [3.05, 3.63) is 65.7 Å². The van der Waals surface area contributed by atoms with Crippen molar-refractivity contribution in [1.82, 2.24) is 5.32 Å². The molecule has 0 aliphatic carbocycles. The zero-order valence-corrected chi connectivity index (χ0v) is 14.6. The molecule has 0 fully saturated rings. The maximum absolute atomic E-state index is 12.6. The maximum atomic E-state index is 12.6. The predicted molar refractivity (Wildman–Crippen MR) is 96.5 cm³/mol. The van der Waals surface area contributed by atoms with Crippen LogP contribution in [-0.2, 0) is 16.0 Å². The van der Waals surface area contributed by atoms with Crippen molar-refractivity contribution in [3.8, 4) is 5.75 Å². The lowest BCUT2D eigenvalue weighted by Gasteiger charge is -2.22. The summed E-state index contributed by atoms with van der Waals surface area (Å²) in [6.45, 7) is 2.12. The van der Waals surface area contributed by atoms with Crippen LogP contribution >= 0.6 is 0 Å². The van der Waals surface area contributed by atoms with Crippen molar-refractivity contribution in [2.75, 3.05) is 20.3 Å². The van der Waals surface area contributed by atoms with Gasteiger partial charge in [0.2, 0.25) is 5.91 Å². The van der Waals surface area contributed by atoms with E-state index in [1.165, 1.54) is 0 Å². The molecule has 2 aromatic carbocycles. The Morgan fingerprint density at radius 2 is 1.80 bits per heavy atom. The number of benzene rings is 2. The molecule has 5 nitrogen and oxygen atoms in total. The first-order valence-electron chi connectivity index (χ1n) is 8.38. The van der Waals surface area contributed by atoms with Gasteiger partial charge in [0.1, 0.15) is 11.9 Å². The van der Waals surface area contributed by atoms with Crippen LogP contribution in [0.1, 0.15) is 24.1 Å². The van der Waals surface area contributed by atoms with Gasteiger partial charge in [-0.15, -0.1) is 0 Å². The summed E-state index contributed by atoms with van der Waals surface area (Å²) in [6, 6.07) is 16.5. The Bertz CT molecular complexity index is 643. The first-order chi connectivity index (χ1) is 12.2. The molecule has 2 aromatic rings. The predicted octanol–water partition coefficient (Wildman–Crippen LogP) is 2.49. The fraction of sp³-hybridized carbons (Fsp3) is 0.350. The molecule has 0 radical (unpaired) electrons. The Morgan fingerprint density at radius 1 is 1.12 bits per heavy atom. The fourth-order valence-corrected chi connectivity index (χ4v) is 2.59. The van der Waals surface area contributed by atoms with Gasteiger partial charge in [-0.3, -0.25) is 4.79 Å². The third-order valence-electron chi connectivity index (χ3n) is 3.94. The van der Waals surface area contributed by atoms with E-state index in [0.717, 1.165) is 16.9 Å². The fourth-order valence-electron chi connectivity index (χ4n) is 2.59. The number of hydrogen-bond donors (Lipinski definition) is 2. The second-order valence-electron chi connectivity index (χ2n) is 5.65. The van der Waals surface area contributed by atoms with Gasteiger partial charge in [-0.25, -0.2) is 0 Å². The molecule has 5 heteroatoms. The Morgan fingerprint density at radius 3 is 2.36 bits per heavy atom. The summed E-state index contributed by atoms with van der Waals surface area (Å²) >= 11 is 0. The van der Waals surface area contributed by atoms with E-state index in [1.807, 2.05) is 61.5 Å². The molecule has 0 spiro atoms. The summed E-state index contributed by atoms with van der Waals surface area (Å²) < 4.78 is 10.8. The van der Waals surface area contributed by atoms with Gasteiger partial charge in [-0.05, 0) is 30.2 Å². The van der Waals surface area contributed by atoms with Gasteiger partial charge in [0.15, 0.2) is 0 Å². The molecule has 0 aromatic heterocycles. The Hall–Kier alpha value is -2.37. The van der Waals surface area contributed by atoms with Crippen LogP contribution in [0.3, 0.4) is 0 Å². The summed E-state index contributed by atoms with van der Waals surface area (Å²) in [6.07, 6.45) is -0.160. The maximum Gasteiger partial charge on any atom is 0.250 e. The number of methoxy groups -OCH3 is 1. The molecule has 0 saturated carbocycles. The summed E-state index contributed by atoms with van der Waals surface area (Å²) in [5.41, 5.74) is 1.84. The lowest BCUT2D eigenvalue weighted by atomic mass is 10.0. The number of ether oxygens (including phenoxy) is 2. The molecule has 2 atom stereocenters. The molecule has 0 aliphatic heterocycles. The first-order valence-corrected chi connectivity index (χ1v) is 8.38. The van der Waals surface area contributed by atoms with Crippen molar-refractivity contribution < 1.29 is 19.4 Å². The van der Waals surface area contributed by atoms with E-state index < -0.39 is 12.1 Å². The van der Waals surface area contributed by atoms with Gasteiger partial charge in [0.05, 0.1) is 19.8 Å². The van der Waals surface area contributed by atoms with E-state index in [9.17, 15) is 9.90 Å². The van der Waals surface area contributed by atoms with Crippen LogP contribution in [-0.4, -0.2) is 37.4 Å². The highest BCUT2D eigenvalue weighted by atomic mass is 16.5. The molecular weight excluding hydrogens is 318 g/mol. The number of carbonyl (C=O) groups excluding carboxylic acids is 1. The molecular formula is C20H25NO4. The number of nitrogens with one attached hydrogen (secondary N) is 1. The van der Waals surface area contributed by atoms with E-state index in [2.05, 4.69) is 5.32 Å². The molecule has 1 amide bonds. The topological polar surface area (TPSA) is 67.8 Å². The highest BCUT2D eigenvalue weighted by molar-refractivity contribution is 5.81. The van der Waals surface area contributed by atoms with Crippen molar-refractivity contribution in [2.45, 2.75) is 25.5 Å². The van der Waals surface area contributed by atoms with Gasteiger partial charge in [0.25, 0.3) is 0 Å². The largest absolute Gasteiger partial charge is 0.497 e. The van der Waals surface area contributed by atoms with Crippen LogP contribution in [0, 0.1) is 0 Å². The quantitative estimate of drug-likeness (QED) is 0.734. The molecule has 0 bridgehead atoms. The Balaban J connectivity index is 2.05. The van der Waals surface area contributed by atoms with Crippen LogP contribution in [0.2, 0.25) is 0 Å². The average molecular weight is 343 g/mol. The number of rotatable bonds is 9. The van der Waals surface area contributed by atoms with E-state index in [1.54, 1.807) is 7.11 Å². The SMILES string of the molecule is CCO[C@@H](Cc1ccc(OC)cc1)C(=O)NC(CO)c1ccccc1. The lowest BCUT2D eigenvalue weighted by molar-refractivity contribution is -0.133. The van der Waals surface area contributed by atoms with Crippen LogP contribution in [0.25, 0.3) is 0 Å². The highest BCUT2D eigenvalue weighted by Gasteiger charge is 2.22. The third kappa shape index (κ3) is 5.59. The van der Waals surface area contributed by atoms with Gasteiger partial charge in [-0.1, -0.05) is 42.5 Å². The second kappa shape index (κ2) is 9.81.